The summed E-state index contributed by atoms with van der Waals surface area (Å²) in [5, 5.41) is 3.53. The summed E-state index contributed by atoms with van der Waals surface area (Å²) in [6, 6.07) is 4.55. The third-order valence-corrected chi connectivity index (χ3v) is 5.44. The van der Waals surface area contributed by atoms with E-state index in [4.69, 9.17) is 9.47 Å². The molecule has 6 heteroatoms. The number of hydrogen-bond acceptors (Lipinski definition) is 4. The molecule has 1 N–H and O–H groups in total. The van der Waals surface area contributed by atoms with Gasteiger partial charge in [0.1, 0.15) is 0 Å². The van der Waals surface area contributed by atoms with Gasteiger partial charge in [-0.2, -0.15) is 0 Å². The number of halogens is 1. The Morgan fingerprint density at radius 2 is 2.11 bits per heavy atom. The van der Waals surface area contributed by atoms with Crippen LogP contribution in [-0.4, -0.2) is 28.5 Å². The highest BCUT2D eigenvalue weighted by Gasteiger charge is 2.20. The van der Waals surface area contributed by atoms with E-state index < -0.39 is 10.8 Å². The summed E-state index contributed by atoms with van der Waals surface area (Å²) in [6.07, 6.45) is 2.00. The number of fused-ring (bicyclic) bond motifs is 1. The van der Waals surface area contributed by atoms with Crippen molar-refractivity contribution < 1.29 is 13.7 Å². The molecular weight excluding hydrogens is 330 g/mol. The molecule has 0 atom stereocenters. The molecule has 0 bridgehead atoms. The van der Waals surface area contributed by atoms with E-state index in [1.807, 2.05) is 6.07 Å². The minimum atomic E-state index is -0.597. The minimum absolute atomic E-state index is 0.291. The monoisotopic (exact) mass is 345 g/mol. The van der Waals surface area contributed by atoms with Crippen LogP contribution in [0, 0.1) is 0 Å². The normalized spacial score (nSPS) is 25.5. The van der Waals surface area contributed by atoms with Crippen molar-refractivity contribution in [3.63, 3.8) is 0 Å². The highest BCUT2D eigenvalue weighted by atomic mass is 79.9. The Hall–Kier alpha value is -0.590. The molecule has 0 aliphatic carbocycles. The van der Waals surface area contributed by atoms with E-state index in [9.17, 15) is 4.21 Å². The number of rotatable bonds is 3. The van der Waals surface area contributed by atoms with Crippen LogP contribution in [-0.2, 0) is 17.3 Å². The molecule has 1 aromatic rings. The second-order valence-electron chi connectivity index (χ2n) is 4.81. The van der Waals surface area contributed by atoms with Crippen LogP contribution in [0.25, 0.3) is 0 Å². The van der Waals surface area contributed by atoms with Crippen LogP contribution in [0.1, 0.15) is 18.4 Å². The first-order chi connectivity index (χ1) is 9.22. The lowest BCUT2D eigenvalue weighted by atomic mass is 10.1. The summed E-state index contributed by atoms with van der Waals surface area (Å²) in [5.74, 6) is 3.23. The average Bonchev–Trinajstić information content (AvgIpc) is 2.87. The van der Waals surface area contributed by atoms with Crippen molar-refractivity contribution in [2.24, 2.45) is 0 Å². The van der Waals surface area contributed by atoms with Crippen molar-refractivity contribution in [3.05, 3.63) is 22.2 Å². The Bertz CT molecular complexity index is 499. The van der Waals surface area contributed by atoms with Gasteiger partial charge in [-0.25, -0.2) is 0 Å². The van der Waals surface area contributed by atoms with Gasteiger partial charge in [0, 0.05) is 34.9 Å². The van der Waals surface area contributed by atoms with Crippen LogP contribution in [0.4, 0.5) is 0 Å². The summed E-state index contributed by atoms with van der Waals surface area (Å²) >= 11 is 3.50. The lowest BCUT2D eigenvalue weighted by Crippen LogP contribution is -2.35. The van der Waals surface area contributed by atoms with Gasteiger partial charge in [0.05, 0.1) is 4.47 Å². The molecule has 0 aromatic heterocycles. The van der Waals surface area contributed by atoms with E-state index in [1.54, 1.807) is 0 Å². The van der Waals surface area contributed by atoms with Gasteiger partial charge in [-0.05, 0) is 46.5 Å². The Balaban J connectivity index is 1.61. The Morgan fingerprint density at radius 3 is 2.89 bits per heavy atom. The topological polar surface area (TPSA) is 47.6 Å². The molecule has 3 rings (SSSR count). The van der Waals surface area contributed by atoms with Gasteiger partial charge >= 0.3 is 0 Å². The summed E-state index contributed by atoms with van der Waals surface area (Å²) in [5.41, 5.74) is 1.17. The minimum Gasteiger partial charge on any atom is -0.454 e. The molecule has 0 amide bonds. The molecular formula is C13H16BrNO3S. The zero-order valence-electron chi connectivity index (χ0n) is 10.5. The Kier molecular flexibility index (Phi) is 4.10. The first-order valence-electron chi connectivity index (χ1n) is 6.39. The van der Waals surface area contributed by atoms with Crippen molar-refractivity contribution in [2.75, 3.05) is 18.3 Å². The van der Waals surface area contributed by atoms with Crippen LogP contribution in [0.2, 0.25) is 0 Å². The summed E-state index contributed by atoms with van der Waals surface area (Å²) < 4.78 is 23.0. The molecule has 4 nitrogen and oxygen atoms in total. The molecule has 0 radical (unpaired) electrons. The van der Waals surface area contributed by atoms with E-state index in [-0.39, 0.29) is 0 Å². The standard InChI is InChI=1S/C13H16BrNO3S/c14-11-5-9(6-12-13(11)18-8-17-12)7-15-10-1-3-19(16)4-2-10/h5-6,10,15H,1-4,7-8H2. The number of hydrogen-bond donors (Lipinski definition) is 1. The van der Waals surface area contributed by atoms with Gasteiger partial charge in [-0.1, -0.05) is 0 Å². The Morgan fingerprint density at radius 1 is 1.32 bits per heavy atom. The van der Waals surface area contributed by atoms with Crippen LogP contribution in [0.15, 0.2) is 16.6 Å². The quantitative estimate of drug-likeness (QED) is 0.911. The van der Waals surface area contributed by atoms with Crippen LogP contribution in [0.3, 0.4) is 0 Å². The number of benzene rings is 1. The highest BCUT2D eigenvalue weighted by Crippen LogP contribution is 2.39. The molecule has 104 valence electrons. The van der Waals surface area contributed by atoms with Crippen LogP contribution in [0.5, 0.6) is 11.5 Å². The van der Waals surface area contributed by atoms with Crippen LogP contribution < -0.4 is 14.8 Å². The maximum atomic E-state index is 11.3. The molecule has 1 saturated heterocycles. The van der Waals surface area contributed by atoms with Crippen molar-refractivity contribution in [1.29, 1.82) is 0 Å². The van der Waals surface area contributed by atoms with Crippen molar-refractivity contribution in [2.45, 2.75) is 25.4 Å². The van der Waals surface area contributed by atoms with E-state index in [0.29, 0.717) is 12.8 Å². The first kappa shape index (κ1) is 13.4. The largest absolute Gasteiger partial charge is 0.454 e. The first-order valence-corrected chi connectivity index (χ1v) is 8.67. The fraction of sp³-hybridized carbons (Fsp3) is 0.538. The second kappa shape index (κ2) is 5.81. The maximum absolute atomic E-state index is 11.3. The van der Waals surface area contributed by atoms with Crippen molar-refractivity contribution in [3.8, 4) is 11.5 Å². The fourth-order valence-electron chi connectivity index (χ4n) is 2.38. The third-order valence-electron chi connectivity index (χ3n) is 3.47. The smallest absolute Gasteiger partial charge is 0.231 e. The highest BCUT2D eigenvalue weighted by molar-refractivity contribution is 9.10. The van der Waals surface area contributed by atoms with Gasteiger partial charge in [0.2, 0.25) is 6.79 Å². The molecule has 19 heavy (non-hydrogen) atoms. The number of nitrogens with one attached hydrogen (secondary N) is 1. The molecule has 2 aliphatic heterocycles. The van der Waals surface area contributed by atoms with Crippen molar-refractivity contribution in [1.82, 2.24) is 5.32 Å². The lowest BCUT2D eigenvalue weighted by molar-refractivity contribution is 0.173. The average molecular weight is 346 g/mol. The van der Waals surface area contributed by atoms with E-state index in [1.165, 1.54) is 5.56 Å². The molecule has 0 spiro atoms. The zero-order chi connectivity index (χ0) is 13.2. The summed E-state index contributed by atoms with van der Waals surface area (Å²) in [7, 11) is -0.597. The SMILES string of the molecule is O=S1CCC(NCc2cc(Br)c3c(c2)OCO3)CC1. The van der Waals surface area contributed by atoms with Gasteiger partial charge in [0.25, 0.3) is 0 Å². The second-order valence-corrected chi connectivity index (χ2v) is 7.37. The van der Waals surface area contributed by atoms with E-state index >= 15 is 0 Å². The van der Waals surface area contributed by atoms with Gasteiger partial charge in [-0.15, -0.1) is 0 Å². The van der Waals surface area contributed by atoms with Gasteiger partial charge in [-0.3, -0.25) is 4.21 Å². The van der Waals surface area contributed by atoms with E-state index in [2.05, 4.69) is 27.3 Å². The molecule has 2 aliphatic rings. The third kappa shape index (κ3) is 3.12. The number of ether oxygens (including phenoxy) is 2. The summed E-state index contributed by atoms with van der Waals surface area (Å²) in [4.78, 5) is 0. The van der Waals surface area contributed by atoms with Crippen LogP contribution >= 0.6 is 15.9 Å². The Labute approximate surface area is 123 Å². The maximum Gasteiger partial charge on any atom is 0.231 e. The molecule has 1 fully saturated rings. The summed E-state index contributed by atoms with van der Waals surface area (Å²) in [6.45, 7) is 1.09. The van der Waals surface area contributed by atoms with Gasteiger partial charge < -0.3 is 14.8 Å². The van der Waals surface area contributed by atoms with Crippen molar-refractivity contribution >= 4 is 26.7 Å². The lowest BCUT2D eigenvalue weighted by Gasteiger charge is -2.22. The molecule has 0 saturated carbocycles. The zero-order valence-corrected chi connectivity index (χ0v) is 12.9. The fourth-order valence-corrected chi connectivity index (χ4v) is 4.29. The van der Waals surface area contributed by atoms with E-state index in [0.717, 1.165) is 46.9 Å². The molecule has 2 heterocycles. The predicted octanol–water partition coefficient (Wildman–Crippen LogP) is 2.18. The van der Waals surface area contributed by atoms with Gasteiger partial charge in [0.15, 0.2) is 11.5 Å². The molecule has 1 aromatic carbocycles. The predicted molar refractivity (Wildman–Crippen MR) is 78.0 cm³/mol. The molecule has 0 unspecified atom stereocenters.